The van der Waals surface area contributed by atoms with E-state index in [4.69, 9.17) is 11.6 Å². The van der Waals surface area contributed by atoms with Gasteiger partial charge in [-0.1, -0.05) is 54.1 Å². The first-order valence-corrected chi connectivity index (χ1v) is 8.20. The molecule has 3 rings (SSSR count). The number of hydrogen-bond donors (Lipinski definition) is 1. The van der Waals surface area contributed by atoms with Gasteiger partial charge in [0.15, 0.2) is 5.78 Å². The van der Waals surface area contributed by atoms with Crippen molar-refractivity contribution in [3.05, 3.63) is 65.2 Å². The minimum absolute atomic E-state index is 0.0845. The number of carbonyl (C=O) groups is 2. The van der Waals surface area contributed by atoms with E-state index in [1.54, 1.807) is 6.07 Å². The van der Waals surface area contributed by atoms with Gasteiger partial charge in [-0.2, -0.15) is 0 Å². The number of rotatable bonds is 4. The summed E-state index contributed by atoms with van der Waals surface area (Å²) in [7, 11) is 0. The van der Waals surface area contributed by atoms with Crippen molar-refractivity contribution in [3.8, 4) is 0 Å². The van der Waals surface area contributed by atoms with Crippen LogP contribution >= 0.6 is 23.4 Å². The molecular formula is C17H14ClNO2S. The lowest BCUT2D eigenvalue weighted by Gasteiger charge is -2.09. The molecule has 0 saturated carbocycles. The standard InChI is InChI=1S/C17H14ClNO2S/c18-12-8-4-5-9-14(12)22-16-15(20)13(19-17(16)21)10-11-6-2-1-3-7-11/h1-9,13,16H,10H2,(H,19,21)/t13-,16?/m0/s1. The predicted molar refractivity (Wildman–Crippen MR) is 88.2 cm³/mol. The van der Waals surface area contributed by atoms with Gasteiger partial charge in [-0.25, -0.2) is 0 Å². The molecule has 1 amide bonds. The van der Waals surface area contributed by atoms with Gasteiger partial charge in [0.1, 0.15) is 5.25 Å². The minimum Gasteiger partial charge on any atom is -0.345 e. The summed E-state index contributed by atoms with van der Waals surface area (Å²) in [6, 6.07) is 16.4. The summed E-state index contributed by atoms with van der Waals surface area (Å²) < 4.78 is 0. The maximum Gasteiger partial charge on any atom is 0.241 e. The summed E-state index contributed by atoms with van der Waals surface area (Å²) in [5.41, 5.74) is 1.03. The molecule has 3 nitrogen and oxygen atoms in total. The number of thioether (sulfide) groups is 1. The van der Waals surface area contributed by atoms with Gasteiger partial charge in [0.25, 0.3) is 0 Å². The molecule has 112 valence electrons. The van der Waals surface area contributed by atoms with E-state index < -0.39 is 11.3 Å². The fourth-order valence-electron chi connectivity index (χ4n) is 2.41. The number of benzene rings is 2. The first-order valence-electron chi connectivity index (χ1n) is 6.94. The van der Waals surface area contributed by atoms with Crippen LogP contribution in [0.3, 0.4) is 0 Å². The average molecular weight is 332 g/mol. The number of amides is 1. The smallest absolute Gasteiger partial charge is 0.241 e. The Morgan fingerprint density at radius 3 is 2.41 bits per heavy atom. The van der Waals surface area contributed by atoms with Gasteiger partial charge >= 0.3 is 0 Å². The molecule has 0 bridgehead atoms. The lowest BCUT2D eigenvalue weighted by atomic mass is 10.0. The second kappa shape index (κ2) is 6.55. The Morgan fingerprint density at radius 1 is 1.00 bits per heavy atom. The topological polar surface area (TPSA) is 46.2 Å². The number of hydrogen-bond acceptors (Lipinski definition) is 3. The summed E-state index contributed by atoms with van der Waals surface area (Å²) in [6.45, 7) is 0. The van der Waals surface area contributed by atoms with Crippen LogP contribution in [-0.2, 0) is 16.0 Å². The highest BCUT2D eigenvalue weighted by Gasteiger charge is 2.41. The quantitative estimate of drug-likeness (QED) is 0.876. The average Bonchev–Trinajstić information content (AvgIpc) is 2.78. The van der Waals surface area contributed by atoms with Crippen molar-refractivity contribution in [3.63, 3.8) is 0 Å². The van der Waals surface area contributed by atoms with Gasteiger partial charge in [0.2, 0.25) is 5.91 Å². The van der Waals surface area contributed by atoms with E-state index in [0.29, 0.717) is 11.4 Å². The molecule has 22 heavy (non-hydrogen) atoms. The number of Topliss-reactive ketones (excluding diaryl/α,β-unsaturated/α-hetero) is 1. The van der Waals surface area contributed by atoms with Crippen LogP contribution in [0.25, 0.3) is 0 Å². The van der Waals surface area contributed by atoms with Crippen LogP contribution in [0.4, 0.5) is 0 Å². The second-order valence-corrected chi connectivity index (χ2v) is 6.64. The van der Waals surface area contributed by atoms with Crippen molar-refractivity contribution >= 4 is 35.1 Å². The van der Waals surface area contributed by atoms with E-state index in [1.807, 2.05) is 48.5 Å². The molecule has 1 saturated heterocycles. The SMILES string of the molecule is O=C1N[C@@H](Cc2ccccc2)C(=O)C1Sc1ccccc1Cl. The summed E-state index contributed by atoms with van der Waals surface area (Å²) in [5.74, 6) is -0.324. The molecule has 0 spiro atoms. The maximum absolute atomic E-state index is 12.5. The number of carbonyl (C=O) groups excluding carboxylic acids is 2. The van der Waals surface area contributed by atoms with E-state index in [1.165, 1.54) is 11.8 Å². The van der Waals surface area contributed by atoms with Crippen LogP contribution < -0.4 is 5.32 Å². The Balaban J connectivity index is 1.73. The Bertz CT molecular complexity index is 705. The Hall–Kier alpha value is -1.78. The van der Waals surface area contributed by atoms with Crippen molar-refractivity contribution in [2.24, 2.45) is 0 Å². The van der Waals surface area contributed by atoms with E-state index in [-0.39, 0.29) is 11.7 Å². The zero-order chi connectivity index (χ0) is 15.5. The molecule has 1 aliphatic heterocycles. The summed E-state index contributed by atoms with van der Waals surface area (Å²) in [6.07, 6.45) is 0.519. The molecule has 1 N–H and O–H groups in total. The lowest BCUT2D eigenvalue weighted by molar-refractivity contribution is -0.121. The zero-order valence-electron chi connectivity index (χ0n) is 11.7. The predicted octanol–water partition coefficient (Wildman–Crippen LogP) is 3.11. The van der Waals surface area contributed by atoms with Crippen LogP contribution in [0.1, 0.15) is 5.56 Å². The highest BCUT2D eigenvalue weighted by molar-refractivity contribution is 8.01. The molecule has 0 aliphatic carbocycles. The van der Waals surface area contributed by atoms with E-state index >= 15 is 0 Å². The molecule has 2 atom stereocenters. The summed E-state index contributed by atoms with van der Waals surface area (Å²) in [5, 5.41) is 2.62. The zero-order valence-corrected chi connectivity index (χ0v) is 13.2. The largest absolute Gasteiger partial charge is 0.345 e. The monoisotopic (exact) mass is 331 g/mol. The van der Waals surface area contributed by atoms with Gasteiger partial charge in [0.05, 0.1) is 11.1 Å². The van der Waals surface area contributed by atoms with Gasteiger partial charge < -0.3 is 5.32 Å². The van der Waals surface area contributed by atoms with Crippen molar-refractivity contribution in [1.29, 1.82) is 0 Å². The van der Waals surface area contributed by atoms with E-state index in [2.05, 4.69) is 5.32 Å². The van der Waals surface area contributed by atoms with Gasteiger partial charge in [0, 0.05) is 4.90 Å². The second-order valence-electron chi connectivity index (χ2n) is 5.08. The third-order valence-corrected chi connectivity index (χ3v) is 5.25. The van der Waals surface area contributed by atoms with E-state index in [0.717, 1.165) is 10.5 Å². The molecular weight excluding hydrogens is 318 g/mol. The first kappa shape index (κ1) is 15.1. The van der Waals surface area contributed by atoms with E-state index in [9.17, 15) is 9.59 Å². The van der Waals surface area contributed by atoms with Gasteiger partial charge in [-0.15, -0.1) is 11.8 Å². The maximum atomic E-state index is 12.5. The Kier molecular flexibility index (Phi) is 4.50. The van der Waals surface area contributed by atoms with Crippen LogP contribution in [-0.4, -0.2) is 23.0 Å². The highest BCUT2D eigenvalue weighted by Crippen LogP contribution is 2.33. The molecule has 2 aromatic carbocycles. The fourth-order valence-corrected chi connectivity index (χ4v) is 3.73. The summed E-state index contributed by atoms with van der Waals surface area (Å²) in [4.78, 5) is 25.3. The summed E-state index contributed by atoms with van der Waals surface area (Å²) >= 11 is 7.32. The number of ketones is 1. The van der Waals surface area contributed by atoms with Crippen LogP contribution in [0.2, 0.25) is 5.02 Å². The number of nitrogens with one attached hydrogen (secondary N) is 1. The molecule has 2 aromatic rings. The minimum atomic E-state index is -0.728. The third-order valence-electron chi connectivity index (χ3n) is 3.52. The Labute approximate surface area is 138 Å². The molecule has 5 heteroatoms. The van der Waals surface area contributed by atoms with Crippen LogP contribution in [0.5, 0.6) is 0 Å². The van der Waals surface area contributed by atoms with Gasteiger partial charge in [-0.3, -0.25) is 9.59 Å². The molecule has 0 radical (unpaired) electrons. The lowest BCUT2D eigenvalue weighted by Crippen LogP contribution is -2.31. The van der Waals surface area contributed by atoms with Crippen molar-refractivity contribution in [2.75, 3.05) is 0 Å². The van der Waals surface area contributed by atoms with Crippen molar-refractivity contribution < 1.29 is 9.59 Å². The molecule has 1 fully saturated rings. The fraction of sp³-hybridized carbons (Fsp3) is 0.176. The first-order chi connectivity index (χ1) is 10.6. The highest BCUT2D eigenvalue weighted by atomic mass is 35.5. The van der Waals surface area contributed by atoms with Crippen LogP contribution in [0.15, 0.2) is 59.5 Å². The van der Waals surface area contributed by atoms with Crippen molar-refractivity contribution in [2.45, 2.75) is 22.6 Å². The van der Waals surface area contributed by atoms with Gasteiger partial charge in [-0.05, 0) is 24.1 Å². The van der Waals surface area contributed by atoms with Crippen molar-refractivity contribution in [1.82, 2.24) is 5.32 Å². The third kappa shape index (κ3) is 3.18. The molecule has 1 unspecified atom stereocenters. The number of halogens is 1. The molecule has 0 aromatic heterocycles. The van der Waals surface area contributed by atoms with Crippen LogP contribution in [0, 0.1) is 0 Å². The normalized spacial score (nSPS) is 21.0. The molecule has 1 aliphatic rings. The molecule has 1 heterocycles. The Morgan fingerprint density at radius 2 is 1.68 bits per heavy atom.